The van der Waals surface area contributed by atoms with E-state index in [1.54, 1.807) is 35.6 Å². The van der Waals surface area contributed by atoms with Gasteiger partial charge in [-0.25, -0.2) is 0 Å². The van der Waals surface area contributed by atoms with Crippen LogP contribution in [0.25, 0.3) is 0 Å². The van der Waals surface area contributed by atoms with Gasteiger partial charge in [-0.1, -0.05) is 6.07 Å². The Morgan fingerprint density at radius 1 is 1.00 bits per heavy atom. The number of fused-ring (bicyclic) bond motifs is 1. The molecule has 3 amide bonds. The Bertz CT molecular complexity index is 918. The van der Waals surface area contributed by atoms with Gasteiger partial charge >= 0.3 is 0 Å². The zero-order valence-corrected chi connectivity index (χ0v) is 17.2. The Labute approximate surface area is 174 Å². The lowest BCUT2D eigenvalue weighted by molar-refractivity contribution is -0.133. The smallest absolute Gasteiger partial charge is 0.253 e. The fourth-order valence-electron chi connectivity index (χ4n) is 3.90. The summed E-state index contributed by atoms with van der Waals surface area (Å²) in [6, 6.07) is 9.10. The third-order valence-corrected chi connectivity index (χ3v) is 6.54. The van der Waals surface area contributed by atoms with Crippen LogP contribution in [0.5, 0.6) is 0 Å². The summed E-state index contributed by atoms with van der Waals surface area (Å²) in [7, 11) is 0. The van der Waals surface area contributed by atoms with Gasteiger partial charge in [0.1, 0.15) is 0 Å². The minimum absolute atomic E-state index is 0.00618. The predicted molar refractivity (Wildman–Crippen MR) is 113 cm³/mol. The summed E-state index contributed by atoms with van der Waals surface area (Å²) in [6.07, 6.45) is 3.30. The minimum atomic E-state index is -0.211. The second-order valence-corrected chi connectivity index (χ2v) is 8.56. The number of hydrogen-bond acceptors (Lipinski definition) is 4. The van der Waals surface area contributed by atoms with Crippen molar-refractivity contribution in [3.63, 3.8) is 0 Å². The first-order valence-corrected chi connectivity index (χ1v) is 11.0. The maximum absolute atomic E-state index is 12.5. The highest BCUT2D eigenvalue weighted by atomic mass is 32.1. The lowest BCUT2D eigenvalue weighted by Crippen LogP contribution is -2.35. The van der Waals surface area contributed by atoms with Gasteiger partial charge in [-0.05, 0) is 54.5 Å². The van der Waals surface area contributed by atoms with E-state index in [1.165, 1.54) is 10.4 Å². The molecule has 0 atom stereocenters. The van der Waals surface area contributed by atoms with Crippen molar-refractivity contribution in [1.82, 2.24) is 9.80 Å². The molecule has 1 aromatic carbocycles. The lowest BCUT2D eigenvalue weighted by atomic mass is 10.1. The molecule has 0 aliphatic carbocycles. The van der Waals surface area contributed by atoms with Gasteiger partial charge in [0.25, 0.3) is 5.91 Å². The van der Waals surface area contributed by atoms with Gasteiger partial charge in [-0.3, -0.25) is 14.4 Å². The van der Waals surface area contributed by atoms with Crippen molar-refractivity contribution < 1.29 is 14.4 Å². The van der Waals surface area contributed by atoms with Crippen molar-refractivity contribution in [3.05, 3.63) is 51.7 Å². The number of thiophene rings is 1. The number of rotatable bonds is 5. The molecule has 1 fully saturated rings. The Morgan fingerprint density at radius 3 is 2.66 bits per heavy atom. The number of likely N-dealkylation sites (tertiary alicyclic amines) is 1. The summed E-state index contributed by atoms with van der Waals surface area (Å²) in [4.78, 5) is 42.3. The van der Waals surface area contributed by atoms with Crippen LogP contribution in [0.4, 0.5) is 5.69 Å². The van der Waals surface area contributed by atoms with Crippen LogP contribution in [-0.4, -0.2) is 47.2 Å². The first kappa shape index (κ1) is 19.6. The van der Waals surface area contributed by atoms with E-state index in [9.17, 15) is 14.4 Å². The van der Waals surface area contributed by atoms with E-state index in [0.717, 1.165) is 32.4 Å². The average Bonchev–Trinajstić information content (AvgIpc) is 3.43. The van der Waals surface area contributed by atoms with Gasteiger partial charge < -0.3 is 15.1 Å². The second-order valence-electron chi connectivity index (χ2n) is 7.56. The van der Waals surface area contributed by atoms with E-state index in [4.69, 9.17) is 0 Å². The van der Waals surface area contributed by atoms with Crippen molar-refractivity contribution in [1.29, 1.82) is 0 Å². The topological polar surface area (TPSA) is 69.7 Å². The summed E-state index contributed by atoms with van der Waals surface area (Å²) in [5.74, 6) is -0.195. The maximum Gasteiger partial charge on any atom is 0.253 e. The van der Waals surface area contributed by atoms with Crippen molar-refractivity contribution in [2.75, 3.05) is 25.0 Å². The number of nitrogens with zero attached hydrogens (tertiary/aromatic N) is 2. The summed E-state index contributed by atoms with van der Waals surface area (Å²) < 4.78 is 0. The second kappa shape index (κ2) is 8.78. The van der Waals surface area contributed by atoms with Gasteiger partial charge in [0.05, 0.1) is 0 Å². The molecule has 0 radical (unpaired) electrons. The molecule has 1 saturated heterocycles. The number of amides is 3. The number of hydrogen-bond donors (Lipinski definition) is 1. The normalized spacial score (nSPS) is 15.9. The molecule has 7 heteroatoms. The van der Waals surface area contributed by atoms with Gasteiger partial charge in [-0.2, -0.15) is 0 Å². The molecule has 0 bridgehead atoms. The van der Waals surface area contributed by atoms with Crippen molar-refractivity contribution >= 4 is 34.7 Å². The van der Waals surface area contributed by atoms with E-state index in [2.05, 4.69) is 16.8 Å². The van der Waals surface area contributed by atoms with Crippen LogP contribution in [0.2, 0.25) is 0 Å². The van der Waals surface area contributed by atoms with Crippen LogP contribution in [-0.2, 0) is 22.6 Å². The number of nitrogens with one attached hydrogen (secondary N) is 1. The molecule has 1 N–H and O–H groups in total. The molecule has 1 aromatic heterocycles. The molecule has 0 saturated carbocycles. The predicted octanol–water partition coefficient (Wildman–Crippen LogP) is 3.29. The van der Waals surface area contributed by atoms with Gasteiger partial charge in [0.2, 0.25) is 11.8 Å². The Hall–Kier alpha value is -2.67. The van der Waals surface area contributed by atoms with Crippen molar-refractivity contribution in [3.8, 4) is 0 Å². The molecular formula is C22H25N3O3S. The Morgan fingerprint density at radius 2 is 1.83 bits per heavy atom. The fourth-order valence-corrected chi connectivity index (χ4v) is 4.79. The zero-order chi connectivity index (χ0) is 20.2. The number of benzene rings is 1. The number of carbonyl (C=O) groups is 3. The van der Waals surface area contributed by atoms with Gasteiger partial charge in [0, 0.05) is 55.1 Å². The minimum Gasteiger partial charge on any atom is -0.339 e. The highest BCUT2D eigenvalue weighted by Crippen LogP contribution is 2.24. The molecule has 29 heavy (non-hydrogen) atoms. The third-order valence-electron chi connectivity index (χ3n) is 5.51. The zero-order valence-electron chi connectivity index (χ0n) is 16.4. The van der Waals surface area contributed by atoms with E-state index in [-0.39, 0.29) is 30.6 Å². The van der Waals surface area contributed by atoms with Crippen LogP contribution in [0.1, 0.15) is 46.5 Å². The van der Waals surface area contributed by atoms with Crippen LogP contribution >= 0.6 is 11.3 Å². The number of carbonyl (C=O) groups excluding carboxylic acids is 3. The maximum atomic E-state index is 12.5. The van der Waals surface area contributed by atoms with Gasteiger partial charge in [0.15, 0.2) is 0 Å². The van der Waals surface area contributed by atoms with Crippen molar-refractivity contribution in [2.24, 2.45) is 0 Å². The summed E-state index contributed by atoms with van der Waals surface area (Å²) in [5, 5.41) is 4.88. The first-order chi connectivity index (χ1) is 14.1. The molecule has 2 aliphatic heterocycles. The standard InChI is InChI=1S/C22H25N3O3S/c26-20(6-7-21(27)25-12-8-19-17(15-25)9-13-29-19)23-18-5-3-4-16(14-18)22(28)24-10-1-2-11-24/h3-5,9,13-14H,1-2,6-8,10-12,15H2,(H,23,26). The average molecular weight is 412 g/mol. The fraction of sp³-hybridized carbons (Fsp3) is 0.409. The molecule has 3 heterocycles. The number of anilines is 1. The monoisotopic (exact) mass is 411 g/mol. The van der Waals surface area contributed by atoms with Crippen LogP contribution in [0.3, 0.4) is 0 Å². The van der Waals surface area contributed by atoms with E-state index in [1.807, 2.05) is 9.80 Å². The Balaban J connectivity index is 1.28. The van der Waals surface area contributed by atoms with Crippen LogP contribution in [0, 0.1) is 0 Å². The molecule has 6 nitrogen and oxygen atoms in total. The van der Waals surface area contributed by atoms with Crippen LogP contribution < -0.4 is 5.32 Å². The highest BCUT2D eigenvalue weighted by Gasteiger charge is 2.22. The molecule has 0 unspecified atom stereocenters. The van der Waals surface area contributed by atoms with Crippen LogP contribution in [0.15, 0.2) is 35.7 Å². The van der Waals surface area contributed by atoms with E-state index >= 15 is 0 Å². The quantitative estimate of drug-likeness (QED) is 0.821. The molecule has 152 valence electrons. The lowest BCUT2D eigenvalue weighted by Gasteiger charge is -2.27. The SMILES string of the molecule is O=C(CCC(=O)N1CCc2sccc2C1)Nc1cccc(C(=O)N2CCCC2)c1. The first-order valence-electron chi connectivity index (χ1n) is 10.1. The van der Waals surface area contributed by atoms with E-state index in [0.29, 0.717) is 24.3 Å². The molecule has 2 aliphatic rings. The summed E-state index contributed by atoms with van der Waals surface area (Å²) in [6.45, 7) is 2.94. The van der Waals surface area contributed by atoms with Gasteiger partial charge in [-0.15, -0.1) is 11.3 Å². The molecule has 0 spiro atoms. The summed E-state index contributed by atoms with van der Waals surface area (Å²) >= 11 is 1.74. The summed E-state index contributed by atoms with van der Waals surface area (Å²) in [5.41, 5.74) is 2.40. The Kier molecular flexibility index (Phi) is 5.94. The third kappa shape index (κ3) is 4.67. The molecule has 2 aromatic rings. The largest absolute Gasteiger partial charge is 0.339 e. The van der Waals surface area contributed by atoms with E-state index < -0.39 is 0 Å². The molecule has 4 rings (SSSR count). The van der Waals surface area contributed by atoms with Crippen molar-refractivity contribution in [2.45, 2.75) is 38.6 Å². The highest BCUT2D eigenvalue weighted by molar-refractivity contribution is 7.10. The molecular weight excluding hydrogens is 386 g/mol.